The van der Waals surface area contributed by atoms with E-state index in [4.69, 9.17) is 0 Å². The molecule has 1 N–H and O–H groups in total. The third-order valence-corrected chi connectivity index (χ3v) is 4.45. The maximum Gasteiger partial charge on any atom is 0.222 e. The van der Waals surface area contributed by atoms with E-state index in [2.05, 4.69) is 0 Å². The fraction of sp³-hybridized carbons (Fsp3) is 0.917. The number of likely N-dealkylation sites (tertiary alicyclic amines) is 1. The molecule has 5 nitrogen and oxygen atoms in total. The van der Waals surface area contributed by atoms with Gasteiger partial charge < -0.3 is 15.3 Å². The van der Waals surface area contributed by atoms with Crippen molar-refractivity contribution in [1.82, 2.24) is 10.1 Å². The lowest BCUT2D eigenvalue weighted by molar-refractivity contribution is -0.183. The average Bonchev–Trinajstić information content (AvgIpc) is 2.33. The van der Waals surface area contributed by atoms with Crippen LogP contribution < -0.4 is 0 Å². The summed E-state index contributed by atoms with van der Waals surface area (Å²) in [5.74, 6) is 0.285. The van der Waals surface area contributed by atoms with Gasteiger partial charge in [-0.15, -0.1) is 0 Å². The fourth-order valence-electron chi connectivity index (χ4n) is 3.38. The Bertz CT molecular complexity index is 289. The first-order chi connectivity index (χ1) is 8.06. The van der Waals surface area contributed by atoms with E-state index >= 15 is 0 Å². The number of likely N-dealkylation sites (N-methyl/N-ethyl adjacent to an activating group) is 1. The average molecular weight is 241 g/mol. The summed E-state index contributed by atoms with van der Waals surface area (Å²) in [6.07, 6.45) is 6.29. The van der Waals surface area contributed by atoms with Crippen molar-refractivity contribution < 1.29 is 10.0 Å². The molecule has 0 aromatic carbocycles. The summed E-state index contributed by atoms with van der Waals surface area (Å²) in [5.41, 5.74) is -0.761. The van der Waals surface area contributed by atoms with Gasteiger partial charge in [0.15, 0.2) is 0 Å². The zero-order valence-electron chi connectivity index (χ0n) is 10.4. The Morgan fingerprint density at radius 2 is 2.06 bits per heavy atom. The molecule has 2 aliphatic rings. The van der Waals surface area contributed by atoms with Crippen LogP contribution in [0, 0.1) is 11.1 Å². The number of nitrogens with zero attached hydrogens (tertiary/aromatic N) is 2. The Hall–Kier alpha value is -0.650. The molecule has 1 saturated carbocycles. The minimum Gasteiger partial charge on any atom is -0.762 e. The standard InChI is InChI=1S/C12H21N2O3/c1-13-9-12(14(16)17,8-7-11(13)15)10-5-3-2-4-6-10/h10,16H,2-9H2,1H3/q-1. The summed E-state index contributed by atoms with van der Waals surface area (Å²) in [4.78, 5) is 13.1. The summed E-state index contributed by atoms with van der Waals surface area (Å²) in [7, 11) is 1.71. The maximum absolute atomic E-state index is 11.6. The topological polar surface area (TPSA) is 66.8 Å². The third-order valence-electron chi connectivity index (χ3n) is 4.45. The molecule has 1 heterocycles. The zero-order chi connectivity index (χ0) is 12.5. The minimum absolute atomic E-state index is 0.0679. The fourth-order valence-corrected chi connectivity index (χ4v) is 3.38. The smallest absolute Gasteiger partial charge is 0.222 e. The molecule has 1 aliphatic carbocycles. The molecular formula is C12H21N2O3-. The monoisotopic (exact) mass is 241 g/mol. The summed E-state index contributed by atoms with van der Waals surface area (Å²) in [6.45, 7) is 0.358. The van der Waals surface area contributed by atoms with Crippen molar-refractivity contribution in [3.05, 3.63) is 5.21 Å². The predicted octanol–water partition coefficient (Wildman–Crippen LogP) is 1.75. The molecular weight excluding hydrogens is 220 g/mol. The van der Waals surface area contributed by atoms with E-state index in [1.165, 1.54) is 6.42 Å². The van der Waals surface area contributed by atoms with Gasteiger partial charge in [-0.05, 0) is 25.2 Å². The first-order valence-electron chi connectivity index (χ1n) is 6.46. The van der Waals surface area contributed by atoms with Crippen molar-refractivity contribution in [2.45, 2.75) is 50.5 Å². The molecule has 98 valence electrons. The Balaban J connectivity index is 2.17. The van der Waals surface area contributed by atoms with Gasteiger partial charge in [-0.25, -0.2) is 0 Å². The second-order valence-corrected chi connectivity index (χ2v) is 5.46. The van der Waals surface area contributed by atoms with E-state index in [1.54, 1.807) is 11.9 Å². The van der Waals surface area contributed by atoms with Crippen LogP contribution in [0.2, 0.25) is 0 Å². The molecule has 0 spiro atoms. The van der Waals surface area contributed by atoms with Crippen LogP contribution in [0.5, 0.6) is 0 Å². The lowest BCUT2D eigenvalue weighted by Gasteiger charge is -2.54. The molecule has 1 saturated heterocycles. The van der Waals surface area contributed by atoms with Gasteiger partial charge in [0, 0.05) is 20.0 Å². The number of amides is 1. The van der Waals surface area contributed by atoms with Crippen LogP contribution in [0.1, 0.15) is 44.9 Å². The Labute approximate surface area is 102 Å². The maximum atomic E-state index is 11.6. The van der Waals surface area contributed by atoms with Gasteiger partial charge in [0.1, 0.15) is 0 Å². The van der Waals surface area contributed by atoms with Crippen molar-refractivity contribution in [2.24, 2.45) is 5.92 Å². The highest BCUT2D eigenvalue weighted by atomic mass is 16.8. The molecule has 5 heteroatoms. The van der Waals surface area contributed by atoms with Crippen molar-refractivity contribution in [3.63, 3.8) is 0 Å². The summed E-state index contributed by atoms with van der Waals surface area (Å²) in [6, 6.07) is 0. The molecule has 2 fully saturated rings. The number of rotatable bonds is 2. The van der Waals surface area contributed by atoms with E-state index in [-0.39, 0.29) is 17.1 Å². The molecule has 1 amide bonds. The molecule has 0 aromatic rings. The van der Waals surface area contributed by atoms with Crippen LogP contribution >= 0.6 is 0 Å². The number of carbonyl (C=O) groups excluding carboxylic acids is 1. The zero-order valence-corrected chi connectivity index (χ0v) is 10.4. The van der Waals surface area contributed by atoms with Crippen LogP contribution in [-0.2, 0) is 4.79 Å². The molecule has 1 aliphatic heterocycles. The van der Waals surface area contributed by atoms with Crippen LogP contribution in [-0.4, -0.2) is 40.4 Å². The second kappa shape index (κ2) is 4.92. The van der Waals surface area contributed by atoms with Crippen molar-refractivity contribution in [2.75, 3.05) is 13.6 Å². The summed E-state index contributed by atoms with van der Waals surface area (Å²) < 4.78 is 0. The van der Waals surface area contributed by atoms with Gasteiger partial charge in [-0.3, -0.25) is 10.0 Å². The van der Waals surface area contributed by atoms with E-state index in [1.807, 2.05) is 0 Å². The van der Waals surface area contributed by atoms with Gasteiger partial charge in [0.05, 0.1) is 5.54 Å². The molecule has 0 bridgehead atoms. The number of hydroxylamine groups is 2. The summed E-state index contributed by atoms with van der Waals surface area (Å²) in [5, 5.41) is 21.3. The Morgan fingerprint density at radius 1 is 1.41 bits per heavy atom. The van der Waals surface area contributed by atoms with Crippen molar-refractivity contribution in [1.29, 1.82) is 0 Å². The van der Waals surface area contributed by atoms with Crippen LogP contribution in [0.3, 0.4) is 0 Å². The number of piperidine rings is 1. The van der Waals surface area contributed by atoms with E-state index in [0.29, 0.717) is 19.4 Å². The van der Waals surface area contributed by atoms with Gasteiger partial charge in [-0.2, -0.15) is 0 Å². The number of hydrogen-bond acceptors (Lipinski definition) is 4. The van der Waals surface area contributed by atoms with Crippen LogP contribution in [0.4, 0.5) is 0 Å². The largest absolute Gasteiger partial charge is 0.762 e. The first kappa shape index (κ1) is 12.8. The molecule has 0 aromatic heterocycles. The second-order valence-electron chi connectivity index (χ2n) is 5.46. The van der Waals surface area contributed by atoms with E-state index < -0.39 is 5.54 Å². The minimum atomic E-state index is -0.761. The highest BCUT2D eigenvalue weighted by molar-refractivity contribution is 5.77. The van der Waals surface area contributed by atoms with Crippen molar-refractivity contribution in [3.8, 4) is 0 Å². The molecule has 17 heavy (non-hydrogen) atoms. The highest BCUT2D eigenvalue weighted by Gasteiger charge is 2.44. The SMILES string of the molecule is CN1CC(C2CCCCC2)(N([O-])O)CCC1=O. The number of hydrogen-bond donors (Lipinski definition) is 1. The molecule has 2 rings (SSSR count). The van der Waals surface area contributed by atoms with E-state index in [0.717, 1.165) is 25.7 Å². The quantitative estimate of drug-likeness (QED) is 0.748. The lowest BCUT2D eigenvalue weighted by Crippen LogP contribution is -2.60. The summed E-state index contributed by atoms with van der Waals surface area (Å²) >= 11 is 0. The van der Waals surface area contributed by atoms with Gasteiger partial charge in [0.2, 0.25) is 5.91 Å². The Morgan fingerprint density at radius 3 is 2.59 bits per heavy atom. The molecule has 1 unspecified atom stereocenters. The van der Waals surface area contributed by atoms with Gasteiger partial charge in [-0.1, -0.05) is 19.3 Å². The van der Waals surface area contributed by atoms with Gasteiger partial charge in [0.25, 0.3) is 0 Å². The lowest BCUT2D eigenvalue weighted by atomic mass is 9.71. The van der Waals surface area contributed by atoms with Crippen molar-refractivity contribution >= 4 is 5.91 Å². The number of carbonyl (C=O) groups is 1. The molecule has 0 radical (unpaired) electrons. The third kappa shape index (κ3) is 2.32. The molecule has 1 atom stereocenters. The van der Waals surface area contributed by atoms with Gasteiger partial charge >= 0.3 is 0 Å². The first-order valence-corrected chi connectivity index (χ1v) is 6.46. The van der Waals surface area contributed by atoms with Crippen LogP contribution in [0.25, 0.3) is 0 Å². The Kier molecular flexibility index (Phi) is 3.70. The predicted molar refractivity (Wildman–Crippen MR) is 63.2 cm³/mol. The normalized spacial score (nSPS) is 32.2. The van der Waals surface area contributed by atoms with Crippen LogP contribution in [0.15, 0.2) is 0 Å². The van der Waals surface area contributed by atoms with E-state index in [9.17, 15) is 15.2 Å². The highest BCUT2D eigenvalue weighted by Crippen LogP contribution is 2.41.